The summed E-state index contributed by atoms with van der Waals surface area (Å²) in [7, 11) is 3.21. The molecule has 0 bridgehead atoms. The molecule has 0 atom stereocenters. The molecule has 38 heavy (non-hydrogen) atoms. The van der Waals surface area contributed by atoms with Crippen molar-refractivity contribution in [3.05, 3.63) is 66.5 Å². The molecule has 0 unspecified atom stereocenters. The molecule has 0 saturated carbocycles. The fourth-order valence-corrected chi connectivity index (χ4v) is 5.27. The van der Waals surface area contributed by atoms with Crippen molar-refractivity contribution in [1.82, 2.24) is 20.0 Å². The van der Waals surface area contributed by atoms with E-state index in [1.54, 1.807) is 25.3 Å². The molecular weight excluding hydrogens is 486 g/mol. The predicted octanol–water partition coefficient (Wildman–Crippen LogP) is 4.15. The molecule has 2 saturated heterocycles. The van der Waals surface area contributed by atoms with Crippen molar-refractivity contribution in [1.29, 1.82) is 0 Å². The van der Waals surface area contributed by atoms with Crippen molar-refractivity contribution >= 4 is 17.8 Å². The lowest BCUT2D eigenvalue weighted by Gasteiger charge is -2.43. The Morgan fingerprint density at radius 2 is 1.84 bits per heavy atom. The zero-order chi connectivity index (χ0) is 26.5. The first-order valence-corrected chi connectivity index (χ1v) is 12.7. The van der Waals surface area contributed by atoms with E-state index in [4.69, 9.17) is 14.2 Å². The number of likely N-dealkylation sites (tertiary alicyclic amines) is 1. The summed E-state index contributed by atoms with van der Waals surface area (Å²) in [5.74, 6) is 0.753. The number of amides is 3. The molecule has 5 rings (SSSR count). The third kappa shape index (κ3) is 5.17. The highest BCUT2D eigenvalue weighted by Crippen LogP contribution is 2.40. The molecule has 0 aliphatic carbocycles. The first kappa shape index (κ1) is 25.6. The van der Waals surface area contributed by atoms with Crippen LogP contribution in [0.5, 0.6) is 5.75 Å². The maximum atomic E-state index is 13.9. The van der Waals surface area contributed by atoms with E-state index < -0.39 is 5.54 Å². The van der Waals surface area contributed by atoms with Crippen LogP contribution in [0.3, 0.4) is 0 Å². The summed E-state index contributed by atoms with van der Waals surface area (Å²) in [5, 5.41) is 6.85. The fourth-order valence-electron chi connectivity index (χ4n) is 5.27. The molecule has 3 heterocycles. The van der Waals surface area contributed by atoms with Gasteiger partial charge in [-0.05, 0) is 48.2 Å². The van der Waals surface area contributed by atoms with Crippen LogP contribution in [-0.2, 0) is 16.0 Å². The standard InChI is InChI=1S/C28H33N5O5/c1-36-14-15-38-27(35)31-12-10-28(11-13-31)20-32(24-8-6-22(7-9-24)23-17-29-30-18-23)26(34)33(28)19-21-4-3-5-25(16-21)37-2/h3-9,16-18H,10-15,19-20H2,1-2H3,(H,29,30). The second kappa shape index (κ2) is 11.1. The predicted molar refractivity (Wildman–Crippen MR) is 142 cm³/mol. The van der Waals surface area contributed by atoms with Gasteiger partial charge in [0.1, 0.15) is 12.4 Å². The van der Waals surface area contributed by atoms with Crippen LogP contribution in [0.1, 0.15) is 18.4 Å². The van der Waals surface area contributed by atoms with E-state index in [1.807, 2.05) is 64.5 Å². The van der Waals surface area contributed by atoms with Crippen LogP contribution in [0.15, 0.2) is 60.9 Å². The second-order valence-electron chi connectivity index (χ2n) is 9.66. The Labute approximate surface area is 222 Å². The molecule has 1 aromatic heterocycles. The minimum atomic E-state index is -0.410. The van der Waals surface area contributed by atoms with Gasteiger partial charge in [-0.2, -0.15) is 5.10 Å². The van der Waals surface area contributed by atoms with E-state index >= 15 is 0 Å². The van der Waals surface area contributed by atoms with Crippen LogP contribution in [0, 0.1) is 0 Å². The lowest BCUT2D eigenvalue weighted by Crippen LogP contribution is -2.55. The number of aromatic amines is 1. The molecule has 2 aromatic carbocycles. The molecule has 200 valence electrons. The van der Waals surface area contributed by atoms with Crippen LogP contribution < -0.4 is 9.64 Å². The molecular formula is C28H33N5O5. The number of methoxy groups -OCH3 is 2. The number of carbonyl (C=O) groups excluding carboxylic acids is 2. The molecule has 1 spiro atoms. The highest BCUT2D eigenvalue weighted by molar-refractivity contribution is 5.95. The quantitative estimate of drug-likeness (QED) is 0.449. The minimum Gasteiger partial charge on any atom is -0.497 e. The lowest BCUT2D eigenvalue weighted by molar-refractivity contribution is 0.0419. The van der Waals surface area contributed by atoms with Crippen molar-refractivity contribution < 1.29 is 23.8 Å². The van der Waals surface area contributed by atoms with Gasteiger partial charge < -0.3 is 24.0 Å². The number of H-pyrrole nitrogens is 1. The zero-order valence-corrected chi connectivity index (χ0v) is 21.8. The van der Waals surface area contributed by atoms with Crippen LogP contribution in [-0.4, -0.2) is 84.7 Å². The average Bonchev–Trinajstić information content (AvgIpc) is 3.58. The normalized spacial score (nSPS) is 16.8. The first-order valence-electron chi connectivity index (χ1n) is 12.7. The van der Waals surface area contributed by atoms with E-state index in [-0.39, 0.29) is 18.7 Å². The molecule has 3 aromatic rings. The summed E-state index contributed by atoms with van der Waals surface area (Å²) >= 11 is 0. The van der Waals surface area contributed by atoms with Crippen molar-refractivity contribution in [3.8, 4) is 16.9 Å². The zero-order valence-electron chi connectivity index (χ0n) is 21.8. The van der Waals surface area contributed by atoms with Crippen LogP contribution >= 0.6 is 0 Å². The first-order chi connectivity index (χ1) is 18.5. The molecule has 0 radical (unpaired) electrons. The monoisotopic (exact) mass is 519 g/mol. The Hall–Kier alpha value is -4.05. The van der Waals surface area contributed by atoms with E-state index in [0.717, 1.165) is 28.1 Å². The highest BCUT2D eigenvalue weighted by Gasteiger charge is 2.51. The summed E-state index contributed by atoms with van der Waals surface area (Å²) in [6.07, 6.45) is 4.59. The van der Waals surface area contributed by atoms with Gasteiger partial charge in [0.25, 0.3) is 0 Å². The topological polar surface area (TPSA) is 100 Å². The van der Waals surface area contributed by atoms with Gasteiger partial charge in [0.05, 0.1) is 32.0 Å². The molecule has 2 fully saturated rings. The van der Waals surface area contributed by atoms with Crippen LogP contribution in [0.4, 0.5) is 15.3 Å². The smallest absolute Gasteiger partial charge is 0.409 e. The number of ether oxygens (including phenoxy) is 3. The number of hydrogen-bond acceptors (Lipinski definition) is 6. The summed E-state index contributed by atoms with van der Waals surface area (Å²) in [4.78, 5) is 32.0. The maximum Gasteiger partial charge on any atom is 0.409 e. The summed E-state index contributed by atoms with van der Waals surface area (Å²) in [6.45, 7) is 2.62. The van der Waals surface area contributed by atoms with Gasteiger partial charge in [0, 0.05) is 44.2 Å². The van der Waals surface area contributed by atoms with E-state index in [1.165, 1.54) is 0 Å². The van der Waals surface area contributed by atoms with E-state index in [9.17, 15) is 9.59 Å². The Morgan fingerprint density at radius 3 is 2.53 bits per heavy atom. The number of urea groups is 1. The van der Waals surface area contributed by atoms with Crippen molar-refractivity contribution in [3.63, 3.8) is 0 Å². The Balaban J connectivity index is 1.37. The third-order valence-corrected chi connectivity index (χ3v) is 7.44. The van der Waals surface area contributed by atoms with Gasteiger partial charge in [-0.1, -0.05) is 24.3 Å². The third-order valence-electron chi connectivity index (χ3n) is 7.44. The highest BCUT2D eigenvalue weighted by atomic mass is 16.6. The number of anilines is 1. The number of hydrogen-bond donors (Lipinski definition) is 1. The van der Waals surface area contributed by atoms with Gasteiger partial charge in [-0.25, -0.2) is 9.59 Å². The minimum absolute atomic E-state index is 0.0417. The van der Waals surface area contributed by atoms with Gasteiger partial charge in [-0.3, -0.25) is 10.00 Å². The molecule has 1 N–H and O–H groups in total. The Morgan fingerprint density at radius 1 is 1.05 bits per heavy atom. The largest absolute Gasteiger partial charge is 0.497 e. The fraction of sp³-hybridized carbons (Fsp3) is 0.393. The number of rotatable bonds is 8. The van der Waals surface area contributed by atoms with Gasteiger partial charge in [-0.15, -0.1) is 0 Å². The van der Waals surface area contributed by atoms with Crippen LogP contribution in [0.2, 0.25) is 0 Å². The lowest BCUT2D eigenvalue weighted by atomic mass is 9.86. The summed E-state index contributed by atoms with van der Waals surface area (Å²) < 4.78 is 15.7. The summed E-state index contributed by atoms with van der Waals surface area (Å²) in [6, 6.07) is 15.7. The average molecular weight is 520 g/mol. The Kier molecular flexibility index (Phi) is 7.50. The number of benzene rings is 2. The number of carbonyl (C=O) groups is 2. The Bertz CT molecular complexity index is 1240. The SMILES string of the molecule is COCCOC(=O)N1CCC2(CC1)CN(c1ccc(-c3cn[nH]c3)cc1)C(=O)N2Cc1cccc(OC)c1. The van der Waals surface area contributed by atoms with Crippen molar-refractivity contribution in [2.75, 3.05) is 52.0 Å². The number of nitrogens with one attached hydrogen (secondary N) is 1. The van der Waals surface area contributed by atoms with Crippen molar-refractivity contribution in [2.45, 2.75) is 24.9 Å². The number of aromatic nitrogens is 2. The molecule has 10 nitrogen and oxygen atoms in total. The number of nitrogens with zero attached hydrogens (tertiary/aromatic N) is 4. The van der Waals surface area contributed by atoms with E-state index in [0.29, 0.717) is 45.6 Å². The van der Waals surface area contributed by atoms with Gasteiger partial charge in [0.15, 0.2) is 0 Å². The number of piperidine rings is 1. The van der Waals surface area contributed by atoms with E-state index in [2.05, 4.69) is 10.2 Å². The van der Waals surface area contributed by atoms with Gasteiger partial charge in [0.2, 0.25) is 0 Å². The molecule has 2 aliphatic heterocycles. The van der Waals surface area contributed by atoms with Crippen molar-refractivity contribution in [2.24, 2.45) is 0 Å². The van der Waals surface area contributed by atoms with Crippen LogP contribution in [0.25, 0.3) is 11.1 Å². The van der Waals surface area contributed by atoms with Gasteiger partial charge >= 0.3 is 12.1 Å². The molecule has 2 aliphatic rings. The second-order valence-corrected chi connectivity index (χ2v) is 9.66. The maximum absolute atomic E-state index is 13.9. The molecule has 3 amide bonds. The molecule has 10 heteroatoms. The summed E-state index contributed by atoms with van der Waals surface area (Å²) in [5.41, 5.74) is 3.45.